The molecule has 4 atom stereocenters. The summed E-state index contributed by atoms with van der Waals surface area (Å²) in [6, 6.07) is 5.72. The first kappa shape index (κ1) is 15.9. The lowest BCUT2D eigenvalue weighted by molar-refractivity contribution is -0.121. The van der Waals surface area contributed by atoms with Gasteiger partial charge in [-0.25, -0.2) is 4.98 Å². The lowest BCUT2D eigenvalue weighted by Crippen LogP contribution is -2.42. The van der Waals surface area contributed by atoms with Gasteiger partial charge in [0.1, 0.15) is 5.52 Å². The molecule has 1 amide bonds. The maximum absolute atomic E-state index is 12.6. The molecule has 0 saturated heterocycles. The number of nitrogens with one attached hydrogen (secondary N) is 1. The quantitative estimate of drug-likeness (QED) is 0.891. The number of halogens is 1. The van der Waals surface area contributed by atoms with E-state index in [0.29, 0.717) is 17.8 Å². The van der Waals surface area contributed by atoms with Gasteiger partial charge < -0.3 is 15.5 Å². The molecule has 0 radical (unpaired) electrons. The minimum absolute atomic E-state index is 0. The topological polar surface area (TPSA) is 81.2 Å². The number of rotatable bonds is 3. The van der Waals surface area contributed by atoms with Crippen molar-refractivity contribution in [3.63, 3.8) is 0 Å². The minimum atomic E-state index is -0.0406. The normalized spacial score (nSPS) is 31.2. The molecule has 0 aliphatic heterocycles. The third kappa shape index (κ3) is 2.50. The van der Waals surface area contributed by atoms with Gasteiger partial charge in [-0.15, -0.1) is 12.4 Å². The first-order valence-corrected chi connectivity index (χ1v) is 8.66. The van der Waals surface area contributed by atoms with Gasteiger partial charge >= 0.3 is 0 Å². The standard InChI is InChI=1S/C18H21N3O2.ClH/c19-16-11-4-3-10(7-11)15(16)17(22)20-12-5-6-13-14(8-12)23-18(21-13)9-1-2-9;/h5-6,8-11,15-16H,1-4,7,19H2,(H,20,22);1H. The predicted octanol–water partition coefficient (Wildman–Crippen LogP) is 3.44. The number of benzene rings is 1. The summed E-state index contributed by atoms with van der Waals surface area (Å²) in [5.41, 5.74) is 8.65. The predicted molar refractivity (Wildman–Crippen MR) is 94.2 cm³/mol. The molecule has 6 heteroatoms. The molecule has 3 fully saturated rings. The summed E-state index contributed by atoms with van der Waals surface area (Å²) in [5, 5.41) is 3.04. The van der Waals surface area contributed by atoms with Crippen molar-refractivity contribution in [3.05, 3.63) is 24.1 Å². The van der Waals surface area contributed by atoms with Crippen LogP contribution < -0.4 is 11.1 Å². The van der Waals surface area contributed by atoms with E-state index >= 15 is 0 Å². The van der Waals surface area contributed by atoms with E-state index in [4.69, 9.17) is 10.2 Å². The van der Waals surface area contributed by atoms with E-state index < -0.39 is 0 Å². The molecule has 1 aromatic heterocycles. The van der Waals surface area contributed by atoms with Crippen molar-refractivity contribution in [2.75, 3.05) is 5.32 Å². The fourth-order valence-electron chi connectivity index (χ4n) is 4.48. The molecule has 2 bridgehead atoms. The highest BCUT2D eigenvalue weighted by Gasteiger charge is 2.49. The number of hydrogen-bond donors (Lipinski definition) is 2. The number of oxazole rings is 1. The Morgan fingerprint density at radius 1 is 1.21 bits per heavy atom. The van der Waals surface area contributed by atoms with Gasteiger partial charge in [0.25, 0.3) is 0 Å². The third-order valence-electron chi connectivity index (χ3n) is 5.88. The fourth-order valence-corrected chi connectivity index (χ4v) is 4.48. The highest BCUT2D eigenvalue weighted by molar-refractivity contribution is 5.95. The van der Waals surface area contributed by atoms with Crippen molar-refractivity contribution in [2.45, 2.75) is 44.1 Å². The number of amides is 1. The van der Waals surface area contributed by atoms with Crippen molar-refractivity contribution < 1.29 is 9.21 Å². The second kappa shape index (κ2) is 5.74. The molecule has 1 heterocycles. The number of carbonyl (C=O) groups is 1. The molecular weight excluding hydrogens is 326 g/mol. The summed E-state index contributed by atoms with van der Waals surface area (Å²) in [6.07, 6.45) is 5.77. The van der Waals surface area contributed by atoms with Gasteiger partial charge in [0, 0.05) is 23.7 Å². The van der Waals surface area contributed by atoms with Crippen LogP contribution in [0.4, 0.5) is 5.69 Å². The van der Waals surface area contributed by atoms with Gasteiger partial charge in [-0.2, -0.15) is 0 Å². The summed E-state index contributed by atoms with van der Waals surface area (Å²) < 4.78 is 5.82. The van der Waals surface area contributed by atoms with Gasteiger partial charge in [-0.1, -0.05) is 0 Å². The molecule has 2 aromatic rings. The highest BCUT2D eigenvalue weighted by Crippen LogP contribution is 2.48. The zero-order valence-electron chi connectivity index (χ0n) is 13.4. The smallest absolute Gasteiger partial charge is 0.229 e. The van der Waals surface area contributed by atoms with Crippen LogP contribution in [-0.4, -0.2) is 16.9 Å². The lowest BCUT2D eigenvalue weighted by atomic mass is 9.84. The van der Waals surface area contributed by atoms with E-state index in [1.54, 1.807) is 0 Å². The maximum Gasteiger partial charge on any atom is 0.229 e. The summed E-state index contributed by atoms with van der Waals surface area (Å²) in [5.74, 6) is 2.34. The summed E-state index contributed by atoms with van der Waals surface area (Å²) in [4.78, 5) is 17.2. The van der Waals surface area contributed by atoms with E-state index in [0.717, 1.165) is 35.5 Å². The molecular formula is C18H22ClN3O2. The van der Waals surface area contributed by atoms with E-state index in [9.17, 15) is 4.79 Å². The highest BCUT2D eigenvalue weighted by atomic mass is 35.5. The molecule has 3 aliphatic rings. The van der Waals surface area contributed by atoms with E-state index in [2.05, 4.69) is 10.3 Å². The van der Waals surface area contributed by atoms with Crippen LogP contribution in [-0.2, 0) is 4.79 Å². The molecule has 3 saturated carbocycles. The molecule has 4 unspecified atom stereocenters. The van der Waals surface area contributed by atoms with Crippen LogP contribution in [0.2, 0.25) is 0 Å². The summed E-state index contributed by atoms with van der Waals surface area (Å²) in [6.45, 7) is 0. The Kier molecular flexibility index (Phi) is 3.81. The number of hydrogen-bond acceptors (Lipinski definition) is 4. The number of carbonyl (C=O) groups excluding carboxylic acids is 1. The number of fused-ring (bicyclic) bond motifs is 3. The Hall–Kier alpha value is -1.59. The largest absolute Gasteiger partial charge is 0.440 e. The summed E-state index contributed by atoms with van der Waals surface area (Å²) in [7, 11) is 0. The van der Waals surface area contributed by atoms with E-state index in [1.807, 2.05) is 18.2 Å². The molecule has 1 aromatic carbocycles. The first-order chi connectivity index (χ1) is 11.2. The first-order valence-electron chi connectivity index (χ1n) is 8.66. The molecule has 0 spiro atoms. The SMILES string of the molecule is Cl.NC1C2CCC(C2)C1C(=O)Nc1ccc2nc(C3CC3)oc2c1. The monoisotopic (exact) mass is 347 g/mol. The van der Waals surface area contributed by atoms with Crippen LogP contribution in [0, 0.1) is 17.8 Å². The Morgan fingerprint density at radius 3 is 2.71 bits per heavy atom. The third-order valence-corrected chi connectivity index (χ3v) is 5.88. The van der Waals surface area contributed by atoms with Crippen molar-refractivity contribution in [2.24, 2.45) is 23.5 Å². The zero-order chi connectivity index (χ0) is 15.6. The second-order valence-corrected chi connectivity index (χ2v) is 7.43. The van der Waals surface area contributed by atoms with E-state index in [1.165, 1.54) is 19.3 Å². The summed E-state index contributed by atoms with van der Waals surface area (Å²) >= 11 is 0. The zero-order valence-corrected chi connectivity index (χ0v) is 14.2. The average molecular weight is 348 g/mol. The number of anilines is 1. The van der Waals surface area contributed by atoms with Gasteiger partial charge in [0.2, 0.25) is 5.91 Å². The number of aromatic nitrogens is 1. The van der Waals surface area contributed by atoms with Crippen LogP contribution in [0.15, 0.2) is 22.6 Å². The van der Waals surface area contributed by atoms with Gasteiger partial charge in [-0.3, -0.25) is 4.79 Å². The van der Waals surface area contributed by atoms with Crippen LogP contribution in [0.3, 0.4) is 0 Å². The molecule has 5 rings (SSSR count). The van der Waals surface area contributed by atoms with Gasteiger partial charge in [0.15, 0.2) is 11.5 Å². The Labute approximate surface area is 146 Å². The maximum atomic E-state index is 12.6. The van der Waals surface area contributed by atoms with Gasteiger partial charge in [0.05, 0.1) is 5.92 Å². The number of nitrogens with two attached hydrogens (primary N) is 1. The van der Waals surface area contributed by atoms with Crippen LogP contribution in [0.1, 0.15) is 43.9 Å². The van der Waals surface area contributed by atoms with Crippen LogP contribution in [0.5, 0.6) is 0 Å². The van der Waals surface area contributed by atoms with Crippen molar-refractivity contribution in [3.8, 4) is 0 Å². The number of nitrogens with zero attached hydrogens (tertiary/aromatic N) is 1. The molecule has 3 aliphatic carbocycles. The lowest BCUT2D eigenvalue weighted by Gasteiger charge is -2.26. The van der Waals surface area contributed by atoms with Gasteiger partial charge in [-0.05, 0) is 56.1 Å². The molecule has 24 heavy (non-hydrogen) atoms. The van der Waals surface area contributed by atoms with Crippen LogP contribution in [0.25, 0.3) is 11.1 Å². The minimum Gasteiger partial charge on any atom is -0.440 e. The molecule has 3 N–H and O–H groups in total. The van der Waals surface area contributed by atoms with Crippen LogP contribution >= 0.6 is 12.4 Å². The molecule has 5 nitrogen and oxygen atoms in total. The second-order valence-electron chi connectivity index (χ2n) is 7.43. The van der Waals surface area contributed by atoms with Crippen molar-refractivity contribution in [1.82, 2.24) is 4.98 Å². The Balaban J connectivity index is 0.00000146. The van der Waals surface area contributed by atoms with Crippen molar-refractivity contribution >= 4 is 35.1 Å². The fraction of sp³-hybridized carbons (Fsp3) is 0.556. The van der Waals surface area contributed by atoms with E-state index in [-0.39, 0.29) is 30.3 Å². The Bertz CT molecular complexity index is 784. The Morgan fingerprint density at radius 2 is 2.00 bits per heavy atom. The molecule has 128 valence electrons. The van der Waals surface area contributed by atoms with Crippen molar-refractivity contribution in [1.29, 1.82) is 0 Å². The average Bonchev–Trinajstić information content (AvgIpc) is 3.01.